The molecule has 0 aromatic heterocycles. The molecule has 0 spiro atoms. The van der Waals surface area contributed by atoms with E-state index in [4.69, 9.17) is 10.00 Å². The summed E-state index contributed by atoms with van der Waals surface area (Å²) in [5, 5.41) is 20.3. The molecular weight excluding hydrogens is 268 g/mol. The van der Waals surface area contributed by atoms with E-state index in [0.717, 1.165) is 11.1 Å². The molecule has 2 rings (SSSR count). The SMILES string of the molecule is CCc1ccc(Oc2ccc(C)cc2C#N)c([N+](=O)[O-])c1. The van der Waals surface area contributed by atoms with Gasteiger partial charge in [0.15, 0.2) is 0 Å². The molecule has 5 nitrogen and oxygen atoms in total. The van der Waals surface area contributed by atoms with Gasteiger partial charge in [0.25, 0.3) is 0 Å². The van der Waals surface area contributed by atoms with Crippen LogP contribution in [0, 0.1) is 28.4 Å². The molecule has 0 aliphatic rings. The molecule has 21 heavy (non-hydrogen) atoms. The number of ether oxygens (including phenoxy) is 1. The highest BCUT2D eigenvalue weighted by Gasteiger charge is 2.17. The highest BCUT2D eigenvalue weighted by molar-refractivity contribution is 5.53. The van der Waals surface area contributed by atoms with E-state index in [1.54, 1.807) is 30.3 Å². The van der Waals surface area contributed by atoms with Crippen molar-refractivity contribution in [1.82, 2.24) is 0 Å². The van der Waals surface area contributed by atoms with E-state index in [2.05, 4.69) is 0 Å². The summed E-state index contributed by atoms with van der Waals surface area (Å²) in [6, 6.07) is 12.0. The van der Waals surface area contributed by atoms with E-state index in [1.165, 1.54) is 6.07 Å². The lowest BCUT2D eigenvalue weighted by molar-refractivity contribution is -0.385. The largest absolute Gasteiger partial charge is 0.449 e. The van der Waals surface area contributed by atoms with Crippen molar-refractivity contribution in [3.63, 3.8) is 0 Å². The second-order valence-corrected chi connectivity index (χ2v) is 4.63. The molecule has 0 bridgehead atoms. The zero-order valence-corrected chi connectivity index (χ0v) is 11.8. The number of nitro benzene ring substituents is 1. The Morgan fingerprint density at radius 1 is 1.24 bits per heavy atom. The van der Waals surface area contributed by atoms with Crippen molar-refractivity contribution in [2.75, 3.05) is 0 Å². The van der Waals surface area contributed by atoms with Crippen molar-refractivity contribution in [3.8, 4) is 17.6 Å². The van der Waals surface area contributed by atoms with Crippen LogP contribution in [0.1, 0.15) is 23.6 Å². The first-order valence-electron chi connectivity index (χ1n) is 6.51. The summed E-state index contributed by atoms with van der Waals surface area (Å²) in [7, 11) is 0. The van der Waals surface area contributed by atoms with E-state index >= 15 is 0 Å². The van der Waals surface area contributed by atoms with Crippen molar-refractivity contribution in [2.24, 2.45) is 0 Å². The first-order chi connectivity index (χ1) is 10.0. The predicted molar refractivity (Wildman–Crippen MR) is 78.4 cm³/mol. The van der Waals surface area contributed by atoms with E-state index < -0.39 is 4.92 Å². The van der Waals surface area contributed by atoms with Crippen LogP contribution in [0.25, 0.3) is 0 Å². The highest BCUT2D eigenvalue weighted by atomic mass is 16.6. The van der Waals surface area contributed by atoms with Crippen LogP contribution in [0.15, 0.2) is 36.4 Å². The number of hydrogen-bond donors (Lipinski definition) is 0. The van der Waals surface area contributed by atoms with Gasteiger partial charge in [0.1, 0.15) is 11.8 Å². The summed E-state index contributed by atoms with van der Waals surface area (Å²) < 4.78 is 5.58. The van der Waals surface area contributed by atoms with Crippen LogP contribution in [0.3, 0.4) is 0 Å². The lowest BCUT2D eigenvalue weighted by atomic mass is 10.1. The Bertz CT molecular complexity index is 733. The van der Waals surface area contributed by atoms with Crippen LogP contribution < -0.4 is 4.74 Å². The summed E-state index contributed by atoms with van der Waals surface area (Å²) in [4.78, 5) is 10.7. The number of benzene rings is 2. The van der Waals surface area contributed by atoms with E-state index in [0.29, 0.717) is 17.7 Å². The average Bonchev–Trinajstić information content (AvgIpc) is 2.49. The fourth-order valence-corrected chi connectivity index (χ4v) is 1.95. The highest BCUT2D eigenvalue weighted by Crippen LogP contribution is 2.33. The molecule has 0 radical (unpaired) electrons. The monoisotopic (exact) mass is 282 g/mol. The third kappa shape index (κ3) is 3.18. The standard InChI is InChI=1S/C16H14N2O3/c1-3-12-5-7-16(14(9-12)18(19)20)21-15-6-4-11(2)8-13(15)10-17/h4-9H,3H2,1-2H3. The van der Waals surface area contributed by atoms with Crippen LogP contribution >= 0.6 is 0 Å². The fourth-order valence-electron chi connectivity index (χ4n) is 1.95. The first-order valence-corrected chi connectivity index (χ1v) is 6.51. The molecule has 0 amide bonds. The molecule has 0 atom stereocenters. The van der Waals surface area contributed by atoms with Gasteiger partial charge < -0.3 is 4.74 Å². The van der Waals surface area contributed by atoms with Gasteiger partial charge in [-0.3, -0.25) is 10.1 Å². The van der Waals surface area contributed by atoms with Gasteiger partial charge >= 0.3 is 5.69 Å². The van der Waals surface area contributed by atoms with Gasteiger partial charge in [-0.1, -0.05) is 19.1 Å². The minimum Gasteiger partial charge on any atom is -0.449 e. The lowest BCUT2D eigenvalue weighted by Gasteiger charge is -2.09. The Kier molecular flexibility index (Phi) is 4.19. The van der Waals surface area contributed by atoms with Crippen LogP contribution in [-0.4, -0.2) is 4.92 Å². The maximum Gasteiger partial charge on any atom is 0.311 e. The number of aryl methyl sites for hydroxylation is 2. The Hall–Kier alpha value is -2.87. The molecule has 0 N–H and O–H groups in total. The second kappa shape index (κ2) is 6.06. The summed E-state index contributed by atoms with van der Waals surface area (Å²) in [6.45, 7) is 3.79. The average molecular weight is 282 g/mol. The van der Waals surface area contributed by atoms with E-state index in [-0.39, 0.29) is 11.4 Å². The molecule has 106 valence electrons. The molecule has 2 aromatic carbocycles. The van der Waals surface area contributed by atoms with Gasteiger partial charge in [-0.15, -0.1) is 0 Å². The molecule has 2 aromatic rings. The molecule has 0 saturated heterocycles. The van der Waals surface area contributed by atoms with E-state index in [1.807, 2.05) is 19.9 Å². The van der Waals surface area contributed by atoms with Gasteiger partial charge in [-0.05, 0) is 42.7 Å². The molecule has 0 saturated carbocycles. The zero-order chi connectivity index (χ0) is 15.4. The molecular formula is C16H14N2O3. The third-order valence-corrected chi connectivity index (χ3v) is 3.10. The van der Waals surface area contributed by atoms with Gasteiger partial charge in [0.2, 0.25) is 5.75 Å². The molecule has 0 aliphatic carbocycles. The van der Waals surface area contributed by atoms with Gasteiger partial charge in [-0.2, -0.15) is 5.26 Å². The van der Waals surface area contributed by atoms with E-state index in [9.17, 15) is 10.1 Å². The number of nitriles is 1. The van der Waals surface area contributed by atoms with Crippen molar-refractivity contribution < 1.29 is 9.66 Å². The van der Waals surface area contributed by atoms with Crippen molar-refractivity contribution in [2.45, 2.75) is 20.3 Å². The van der Waals surface area contributed by atoms with Crippen LogP contribution in [-0.2, 0) is 6.42 Å². The maximum absolute atomic E-state index is 11.1. The molecule has 0 fully saturated rings. The summed E-state index contributed by atoms with van der Waals surface area (Å²) >= 11 is 0. The molecule has 0 unspecified atom stereocenters. The summed E-state index contributed by atoms with van der Waals surface area (Å²) in [5.74, 6) is 0.452. The third-order valence-electron chi connectivity index (χ3n) is 3.10. The Morgan fingerprint density at radius 2 is 1.95 bits per heavy atom. The lowest BCUT2D eigenvalue weighted by Crippen LogP contribution is -1.96. The number of hydrogen-bond acceptors (Lipinski definition) is 4. The number of nitrogens with zero attached hydrogens (tertiary/aromatic N) is 2. The van der Waals surface area contributed by atoms with Crippen molar-refractivity contribution in [3.05, 3.63) is 63.2 Å². The normalized spacial score (nSPS) is 9.95. The second-order valence-electron chi connectivity index (χ2n) is 4.63. The minimum atomic E-state index is -0.477. The Morgan fingerprint density at radius 3 is 2.57 bits per heavy atom. The number of rotatable bonds is 4. The number of nitro groups is 1. The Labute approximate surface area is 122 Å². The van der Waals surface area contributed by atoms with Gasteiger partial charge in [0, 0.05) is 6.07 Å². The summed E-state index contributed by atoms with van der Waals surface area (Å²) in [5.41, 5.74) is 2.04. The molecule has 5 heteroatoms. The van der Waals surface area contributed by atoms with Crippen LogP contribution in [0.4, 0.5) is 5.69 Å². The van der Waals surface area contributed by atoms with Crippen LogP contribution in [0.5, 0.6) is 11.5 Å². The predicted octanol–water partition coefficient (Wildman–Crippen LogP) is 4.13. The fraction of sp³-hybridized carbons (Fsp3) is 0.188. The first kappa shape index (κ1) is 14.5. The smallest absolute Gasteiger partial charge is 0.311 e. The summed E-state index contributed by atoms with van der Waals surface area (Å²) in [6.07, 6.45) is 0.703. The van der Waals surface area contributed by atoms with Crippen molar-refractivity contribution >= 4 is 5.69 Å². The Balaban J connectivity index is 2.45. The quantitative estimate of drug-likeness (QED) is 0.624. The van der Waals surface area contributed by atoms with Gasteiger partial charge in [0.05, 0.1) is 10.5 Å². The topological polar surface area (TPSA) is 76.2 Å². The molecule has 0 aliphatic heterocycles. The van der Waals surface area contributed by atoms with Crippen LogP contribution in [0.2, 0.25) is 0 Å². The van der Waals surface area contributed by atoms with Crippen molar-refractivity contribution in [1.29, 1.82) is 5.26 Å². The van der Waals surface area contributed by atoms with Gasteiger partial charge in [-0.25, -0.2) is 0 Å². The minimum absolute atomic E-state index is 0.0983. The maximum atomic E-state index is 11.1. The molecule has 0 heterocycles. The zero-order valence-electron chi connectivity index (χ0n) is 11.8.